The van der Waals surface area contributed by atoms with Gasteiger partial charge in [0.1, 0.15) is 5.58 Å². The normalized spacial score (nSPS) is 12.9. The monoisotopic (exact) mass is 256 g/mol. The second-order valence-corrected chi connectivity index (χ2v) is 4.55. The topological polar surface area (TPSA) is 69.9 Å². The molecule has 98 valence electrons. The minimum atomic E-state index is -0.273. The molecule has 0 radical (unpaired) electrons. The third-order valence-corrected chi connectivity index (χ3v) is 3.25. The van der Waals surface area contributed by atoms with Gasteiger partial charge in [0.25, 0.3) is 0 Å². The van der Waals surface area contributed by atoms with Gasteiger partial charge in [0.15, 0.2) is 0 Å². The van der Waals surface area contributed by atoms with E-state index in [-0.39, 0.29) is 6.04 Å². The number of aryl methyl sites for hydroxylation is 1. The van der Waals surface area contributed by atoms with Crippen LogP contribution in [0.1, 0.15) is 30.6 Å². The quantitative estimate of drug-likeness (QED) is 0.778. The average molecular weight is 256 g/mol. The molecule has 0 amide bonds. The highest BCUT2D eigenvalue weighted by Crippen LogP contribution is 2.28. The number of nitrogens with zero attached hydrogens (tertiary/aromatic N) is 3. The van der Waals surface area contributed by atoms with E-state index < -0.39 is 0 Å². The molecule has 2 heterocycles. The third-order valence-electron chi connectivity index (χ3n) is 3.25. The smallest absolute Gasteiger partial charge is 0.134 e. The lowest BCUT2D eigenvalue weighted by atomic mass is 10.0. The lowest BCUT2D eigenvalue weighted by Gasteiger charge is -2.11. The number of furan rings is 1. The highest BCUT2D eigenvalue weighted by atomic mass is 16.3. The van der Waals surface area contributed by atoms with Crippen molar-refractivity contribution in [1.82, 2.24) is 15.0 Å². The lowest BCUT2D eigenvalue weighted by molar-refractivity contribution is 0.541. The second kappa shape index (κ2) is 4.85. The van der Waals surface area contributed by atoms with Crippen LogP contribution in [0.25, 0.3) is 11.0 Å². The Morgan fingerprint density at radius 2 is 2.21 bits per heavy atom. The Morgan fingerprint density at radius 3 is 3.05 bits per heavy atom. The number of benzene rings is 1. The molecule has 0 saturated carbocycles. The van der Waals surface area contributed by atoms with Crippen molar-refractivity contribution in [2.45, 2.75) is 25.9 Å². The summed E-state index contributed by atoms with van der Waals surface area (Å²) in [6, 6.07) is 7.61. The highest BCUT2D eigenvalue weighted by Gasteiger charge is 2.19. The lowest BCUT2D eigenvalue weighted by Crippen LogP contribution is -2.17. The zero-order chi connectivity index (χ0) is 13.2. The Morgan fingerprint density at radius 1 is 1.37 bits per heavy atom. The van der Waals surface area contributed by atoms with Crippen LogP contribution in [0.3, 0.4) is 0 Å². The molecule has 5 nitrogen and oxygen atoms in total. The SMILES string of the molecule is CCCn1nncc1C(N)c1coc2ccccc12. The van der Waals surface area contributed by atoms with E-state index in [2.05, 4.69) is 17.2 Å². The molecule has 0 saturated heterocycles. The van der Waals surface area contributed by atoms with E-state index in [1.807, 2.05) is 28.9 Å². The molecule has 1 unspecified atom stereocenters. The van der Waals surface area contributed by atoms with Crippen molar-refractivity contribution in [1.29, 1.82) is 0 Å². The van der Waals surface area contributed by atoms with Crippen LogP contribution in [0, 0.1) is 0 Å². The second-order valence-electron chi connectivity index (χ2n) is 4.55. The Bertz CT molecular complexity index is 685. The van der Waals surface area contributed by atoms with E-state index in [1.54, 1.807) is 12.5 Å². The molecule has 0 aliphatic rings. The maximum atomic E-state index is 6.34. The molecule has 0 bridgehead atoms. The maximum absolute atomic E-state index is 6.34. The summed E-state index contributed by atoms with van der Waals surface area (Å²) in [5.74, 6) is 0. The van der Waals surface area contributed by atoms with Crippen molar-refractivity contribution in [3.05, 3.63) is 48.0 Å². The summed E-state index contributed by atoms with van der Waals surface area (Å²) in [5, 5.41) is 9.07. The van der Waals surface area contributed by atoms with E-state index in [4.69, 9.17) is 10.2 Å². The Labute approximate surface area is 111 Å². The first-order valence-electron chi connectivity index (χ1n) is 6.41. The Hall–Kier alpha value is -2.14. The largest absolute Gasteiger partial charge is 0.464 e. The summed E-state index contributed by atoms with van der Waals surface area (Å²) in [4.78, 5) is 0. The molecule has 2 aromatic heterocycles. The van der Waals surface area contributed by atoms with E-state index in [0.717, 1.165) is 35.2 Å². The van der Waals surface area contributed by atoms with E-state index >= 15 is 0 Å². The molecule has 0 spiro atoms. The van der Waals surface area contributed by atoms with Crippen molar-refractivity contribution in [3.63, 3.8) is 0 Å². The summed E-state index contributed by atoms with van der Waals surface area (Å²) in [7, 11) is 0. The summed E-state index contributed by atoms with van der Waals surface area (Å²) >= 11 is 0. The van der Waals surface area contributed by atoms with E-state index in [1.165, 1.54) is 0 Å². The van der Waals surface area contributed by atoms with Gasteiger partial charge < -0.3 is 10.2 Å². The number of rotatable bonds is 4. The van der Waals surface area contributed by atoms with Gasteiger partial charge in [-0.25, -0.2) is 4.68 Å². The standard InChI is InChI=1S/C14H16N4O/c1-2-7-18-12(8-16-17-18)14(15)11-9-19-13-6-4-3-5-10(11)13/h3-6,8-9,14H,2,7,15H2,1H3. The molecule has 5 heteroatoms. The van der Waals surface area contributed by atoms with Gasteiger partial charge in [0.2, 0.25) is 0 Å². The zero-order valence-corrected chi connectivity index (χ0v) is 10.8. The van der Waals surface area contributed by atoms with E-state index in [9.17, 15) is 0 Å². The molecule has 3 aromatic rings. The Balaban J connectivity index is 2.03. The molecule has 0 aliphatic carbocycles. The summed E-state index contributed by atoms with van der Waals surface area (Å²) in [6.45, 7) is 2.92. The first kappa shape index (κ1) is 11.9. The van der Waals surface area contributed by atoms with Crippen molar-refractivity contribution in [3.8, 4) is 0 Å². The minimum Gasteiger partial charge on any atom is -0.464 e. The number of nitrogens with two attached hydrogens (primary N) is 1. The van der Waals surface area contributed by atoms with Crippen molar-refractivity contribution in [2.75, 3.05) is 0 Å². The average Bonchev–Trinajstić information content (AvgIpc) is 3.04. The van der Waals surface area contributed by atoms with E-state index in [0.29, 0.717) is 0 Å². The van der Waals surface area contributed by atoms with Gasteiger partial charge in [-0.1, -0.05) is 30.3 Å². The van der Waals surface area contributed by atoms with Gasteiger partial charge in [0.05, 0.1) is 24.2 Å². The van der Waals surface area contributed by atoms with Crippen LogP contribution in [-0.4, -0.2) is 15.0 Å². The van der Waals surface area contributed by atoms with Crippen molar-refractivity contribution >= 4 is 11.0 Å². The molecule has 2 N–H and O–H groups in total. The van der Waals surface area contributed by atoms with Gasteiger partial charge in [-0.3, -0.25) is 0 Å². The zero-order valence-electron chi connectivity index (χ0n) is 10.8. The predicted octanol–water partition coefficient (Wildman–Crippen LogP) is 2.48. The first-order valence-corrected chi connectivity index (χ1v) is 6.41. The summed E-state index contributed by atoms with van der Waals surface area (Å²) < 4.78 is 7.39. The van der Waals surface area contributed by atoms with Crippen LogP contribution in [0.2, 0.25) is 0 Å². The molecule has 19 heavy (non-hydrogen) atoms. The van der Waals surface area contributed by atoms with Crippen LogP contribution >= 0.6 is 0 Å². The van der Waals surface area contributed by atoms with Crippen LogP contribution in [0.5, 0.6) is 0 Å². The number of aromatic nitrogens is 3. The number of hydrogen-bond donors (Lipinski definition) is 1. The minimum absolute atomic E-state index is 0.273. The fraction of sp³-hybridized carbons (Fsp3) is 0.286. The maximum Gasteiger partial charge on any atom is 0.134 e. The number of fused-ring (bicyclic) bond motifs is 1. The first-order chi connectivity index (χ1) is 9.31. The summed E-state index contributed by atoms with van der Waals surface area (Å²) in [5.41, 5.74) is 9.07. The molecule has 0 fully saturated rings. The predicted molar refractivity (Wildman–Crippen MR) is 72.6 cm³/mol. The van der Waals surface area contributed by atoms with Gasteiger partial charge in [-0.15, -0.1) is 5.10 Å². The van der Waals surface area contributed by atoms with Crippen molar-refractivity contribution < 1.29 is 4.42 Å². The van der Waals surface area contributed by atoms with Crippen molar-refractivity contribution in [2.24, 2.45) is 5.73 Å². The van der Waals surface area contributed by atoms with Crippen LogP contribution in [-0.2, 0) is 6.54 Å². The summed E-state index contributed by atoms with van der Waals surface area (Å²) in [6.07, 6.45) is 4.44. The highest BCUT2D eigenvalue weighted by molar-refractivity contribution is 5.81. The molecule has 1 aromatic carbocycles. The van der Waals surface area contributed by atoms with Crippen LogP contribution < -0.4 is 5.73 Å². The van der Waals surface area contributed by atoms with Gasteiger partial charge in [0, 0.05) is 17.5 Å². The van der Waals surface area contributed by atoms with Crippen LogP contribution in [0.15, 0.2) is 41.1 Å². The number of para-hydroxylation sites is 1. The van der Waals surface area contributed by atoms with Gasteiger partial charge >= 0.3 is 0 Å². The third kappa shape index (κ3) is 2.02. The fourth-order valence-electron chi connectivity index (χ4n) is 2.29. The fourth-order valence-corrected chi connectivity index (χ4v) is 2.29. The Kier molecular flexibility index (Phi) is 3.05. The molecular weight excluding hydrogens is 240 g/mol. The number of hydrogen-bond acceptors (Lipinski definition) is 4. The molecule has 1 atom stereocenters. The molecule has 0 aliphatic heterocycles. The molecule has 3 rings (SSSR count). The van der Waals surface area contributed by atoms with Gasteiger partial charge in [-0.2, -0.15) is 0 Å². The van der Waals surface area contributed by atoms with Crippen LogP contribution in [0.4, 0.5) is 0 Å². The molecular formula is C14H16N4O. The van der Waals surface area contributed by atoms with Gasteiger partial charge in [-0.05, 0) is 12.5 Å².